The van der Waals surface area contributed by atoms with Crippen molar-refractivity contribution in [2.45, 2.75) is 0 Å². The molecule has 184 valence electrons. The lowest BCUT2D eigenvalue weighted by Gasteiger charge is -2.02. The number of thiazole rings is 1. The lowest BCUT2D eigenvalue weighted by atomic mass is 10.1. The number of hydrogen-bond donors (Lipinski definition) is 1. The highest BCUT2D eigenvalue weighted by molar-refractivity contribution is 9.11. The smallest absolute Gasteiger partial charge is 0.286 e. The van der Waals surface area contributed by atoms with Gasteiger partial charge in [-0.2, -0.15) is 4.68 Å². The van der Waals surface area contributed by atoms with Crippen molar-refractivity contribution in [1.82, 2.24) is 14.8 Å². The number of H-pyrrole nitrogens is 1. The first-order valence-electron chi connectivity index (χ1n) is 10.5. The van der Waals surface area contributed by atoms with E-state index in [1.54, 1.807) is 12.1 Å². The number of nitrogens with one attached hydrogen (secondary N) is 1. The van der Waals surface area contributed by atoms with Crippen molar-refractivity contribution in [2.24, 2.45) is 10.2 Å². The van der Waals surface area contributed by atoms with Gasteiger partial charge in [0, 0.05) is 42.1 Å². The summed E-state index contributed by atoms with van der Waals surface area (Å²) in [6, 6.07) is 19.1. The van der Waals surface area contributed by atoms with Crippen LogP contribution in [0.25, 0.3) is 27.6 Å². The molecule has 0 bridgehead atoms. The second-order valence-corrected chi connectivity index (χ2v) is 11.0. The second kappa shape index (κ2) is 10.6. The molecule has 5 rings (SSSR count). The van der Waals surface area contributed by atoms with Crippen molar-refractivity contribution in [1.29, 1.82) is 0 Å². The molecule has 2 heterocycles. The molecule has 0 saturated carbocycles. The first-order valence-corrected chi connectivity index (χ1v) is 13.7. The van der Waals surface area contributed by atoms with E-state index in [-0.39, 0.29) is 11.4 Å². The van der Waals surface area contributed by atoms with Crippen LogP contribution in [0.4, 0.5) is 17.1 Å². The van der Waals surface area contributed by atoms with E-state index in [9.17, 15) is 14.9 Å². The molecule has 5 aromatic rings. The summed E-state index contributed by atoms with van der Waals surface area (Å²) in [5.74, 6) is 0. The number of hydrogen-bond acceptors (Lipinski definition) is 7. The molecule has 0 unspecified atom stereocenters. The van der Waals surface area contributed by atoms with Crippen molar-refractivity contribution in [2.75, 3.05) is 0 Å². The normalized spacial score (nSPS) is 11.3. The van der Waals surface area contributed by atoms with E-state index in [2.05, 4.69) is 68.1 Å². The van der Waals surface area contributed by atoms with Gasteiger partial charge < -0.3 is 0 Å². The lowest BCUT2D eigenvalue weighted by Crippen LogP contribution is -2.13. The largest absolute Gasteiger partial charge is 0.301 e. The predicted molar refractivity (Wildman–Crippen MR) is 153 cm³/mol. The minimum absolute atomic E-state index is 0.0343. The summed E-state index contributed by atoms with van der Waals surface area (Å²) in [4.78, 5) is 28.8. The Balaban J connectivity index is 1.63. The van der Waals surface area contributed by atoms with Crippen LogP contribution >= 0.6 is 59.1 Å². The van der Waals surface area contributed by atoms with Crippen LogP contribution in [0.15, 0.2) is 101 Å². The average molecular weight is 705 g/mol. The van der Waals surface area contributed by atoms with Crippen LogP contribution < -0.4 is 5.56 Å². The number of aromatic nitrogens is 3. The van der Waals surface area contributed by atoms with E-state index in [0.29, 0.717) is 31.0 Å². The van der Waals surface area contributed by atoms with E-state index in [1.165, 1.54) is 28.2 Å². The number of azo groups is 1. The van der Waals surface area contributed by atoms with Crippen LogP contribution in [0.1, 0.15) is 0 Å². The molecule has 9 nitrogen and oxygen atoms in total. The van der Waals surface area contributed by atoms with Crippen molar-refractivity contribution < 1.29 is 4.92 Å². The molecular formula is C24H13Br3N6O3S. The van der Waals surface area contributed by atoms with E-state index in [4.69, 9.17) is 0 Å². The Bertz CT molecular complexity index is 1690. The number of rotatable bonds is 6. The number of nitro benzene ring substituents is 1. The number of halogens is 3. The van der Waals surface area contributed by atoms with Gasteiger partial charge >= 0.3 is 5.56 Å². The molecule has 3 aromatic carbocycles. The number of aromatic amines is 1. The van der Waals surface area contributed by atoms with E-state index in [0.717, 1.165) is 15.7 Å². The average Bonchev–Trinajstić information content (AvgIpc) is 3.49. The third-order valence-electron chi connectivity index (χ3n) is 5.22. The molecule has 2 aromatic heterocycles. The van der Waals surface area contributed by atoms with Gasteiger partial charge in [0.2, 0.25) is 5.13 Å². The zero-order valence-corrected chi connectivity index (χ0v) is 24.0. The van der Waals surface area contributed by atoms with Gasteiger partial charge in [0.15, 0.2) is 5.69 Å². The molecule has 0 spiro atoms. The fraction of sp³-hybridized carbons (Fsp3) is 0. The van der Waals surface area contributed by atoms with Crippen molar-refractivity contribution >= 4 is 76.2 Å². The quantitative estimate of drug-likeness (QED) is 0.108. The number of benzene rings is 3. The summed E-state index contributed by atoms with van der Waals surface area (Å²) in [7, 11) is 0. The summed E-state index contributed by atoms with van der Waals surface area (Å²) in [5.41, 5.74) is 2.53. The monoisotopic (exact) mass is 702 g/mol. The van der Waals surface area contributed by atoms with E-state index >= 15 is 0 Å². The Kier molecular flexibility index (Phi) is 7.29. The van der Waals surface area contributed by atoms with E-state index in [1.807, 2.05) is 47.8 Å². The molecule has 0 saturated heterocycles. The zero-order valence-electron chi connectivity index (χ0n) is 18.4. The lowest BCUT2D eigenvalue weighted by molar-refractivity contribution is -0.384. The molecule has 0 aliphatic carbocycles. The molecule has 0 fully saturated rings. The van der Waals surface area contributed by atoms with Crippen molar-refractivity contribution in [3.05, 3.63) is 106 Å². The highest BCUT2D eigenvalue weighted by Crippen LogP contribution is 2.38. The minimum Gasteiger partial charge on any atom is -0.286 e. The first-order chi connectivity index (χ1) is 17.8. The van der Waals surface area contributed by atoms with Gasteiger partial charge in [-0.25, -0.2) is 4.98 Å². The summed E-state index contributed by atoms with van der Waals surface area (Å²) < 4.78 is 3.46. The van der Waals surface area contributed by atoms with Gasteiger partial charge in [0.25, 0.3) is 5.69 Å². The molecule has 37 heavy (non-hydrogen) atoms. The van der Waals surface area contributed by atoms with Crippen LogP contribution in [0.3, 0.4) is 0 Å². The van der Waals surface area contributed by atoms with Gasteiger partial charge in [-0.05, 0) is 56.1 Å². The standard InChI is InChI=1S/C24H13Br3N6O3S/c25-15-10-17(26)21(18(27)11-15)29-30-22-20(14-6-8-16(9-7-14)33(35)36)31-32(23(22)34)24-28-19(12-37-24)13-4-2-1-3-5-13/h1-12,31H. The first kappa shape index (κ1) is 25.4. The minimum atomic E-state index is -0.485. The Morgan fingerprint density at radius 2 is 1.57 bits per heavy atom. The third-order valence-corrected chi connectivity index (χ3v) is 7.71. The zero-order chi connectivity index (χ0) is 26.1. The SMILES string of the molecule is O=c1c(N=Nc2c(Br)cc(Br)cc2Br)c(-c2ccc([N+](=O)[O-])cc2)[nH]n1-c1nc(-c2ccccc2)cs1. The highest BCUT2D eigenvalue weighted by atomic mass is 79.9. The van der Waals surface area contributed by atoms with Gasteiger partial charge in [-0.15, -0.1) is 21.6 Å². The molecule has 0 aliphatic rings. The third kappa shape index (κ3) is 5.25. The Morgan fingerprint density at radius 3 is 2.22 bits per heavy atom. The molecule has 0 amide bonds. The maximum absolute atomic E-state index is 13.5. The van der Waals surface area contributed by atoms with Crippen LogP contribution in [0.2, 0.25) is 0 Å². The second-order valence-electron chi connectivity index (χ2n) is 7.58. The number of nitrogens with zero attached hydrogens (tertiary/aromatic N) is 5. The summed E-state index contributed by atoms with van der Waals surface area (Å²) in [6.07, 6.45) is 0. The molecular weight excluding hydrogens is 692 g/mol. The van der Waals surface area contributed by atoms with Gasteiger partial charge in [0.1, 0.15) is 5.69 Å². The summed E-state index contributed by atoms with van der Waals surface area (Å²) in [6.45, 7) is 0. The molecule has 1 N–H and O–H groups in total. The van der Waals surface area contributed by atoms with Crippen LogP contribution in [0, 0.1) is 10.1 Å². The van der Waals surface area contributed by atoms with Crippen LogP contribution in [-0.2, 0) is 0 Å². The Morgan fingerprint density at radius 1 is 0.919 bits per heavy atom. The summed E-state index contributed by atoms with van der Waals surface area (Å²) >= 11 is 11.6. The topological polar surface area (TPSA) is 119 Å². The molecule has 0 atom stereocenters. The number of non-ortho nitro benzene ring substituents is 1. The predicted octanol–water partition coefficient (Wildman–Crippen LogP) is 8.57. The van der Waals surface area contributed by atoms with Gasteiger partial charge in [-0.3, -0.25) is 20.0 Å². The molecule has 0 aliphatic heterocycles. The fourth-order valence-electron chi connectivity index (χ4n) is 3.45. The fourth-order valence-corrected chi connectivity index (χ4v) is 6.65. The van der Waals surface area contributed by atoms with Gasteiger partial charge in [0.05, 0.1) is 16.3 Å². The van der Waals surface area contributed by atoms with E-state index < -0.39 is 10.5 Å². The molecule has 0 radical (unpaired) electrons. The van der Waals surface area contributed by atoms with Crippen LogP contribution in [-0.4, -0.2) is 19.7 Å². The maximum Gasteiger partial charge on any atom is 0.301 e. The maximum atomic E-state index is 13.5. The Labute approximate surface area is 238 Å². The van der Waals surface area contributed by atoms with Crippen LogP contribution in [0.5, 0.6) is 0 Å². The van der Waals surface area contributed by atoms with Crippen molar-refractivity contribution in [3.8, 4) is 27.6 Å². The van der Waals surface area contributed by atoms with Gasteiger partial charge in [-0.1, -0.05) is 46.3 Å². The van der Waals surface area contributed by atoms with Crippen molar-refractivity contribution in [3.63, 3.8) is 0 Å². The molecule has 13 heteroatoms. The highest BCUT2D eigenvalue weighted by Gasteiger charge is 2.20. The number of nitro groups is 1. The summed E-state index contributed by atoms with van der Waals surface area (Å²) in [5, 5.41) is 25.1. The Hall–Kier alpha value is -3.26.